The number of benzene rings is 1. The normalized spacial score (nSPS) is 32.5. The van der Waals surface area contributed by atoms with Crippen molar-refractivity contribution in [3.8, 4) is 18.2 Å². The standard InChI is InChI=1S/C21H18BrFN4O3/c1-4-5-16-19(3)29-17(13-6-7-14(22)15(23)8-13)20(9-24,10-25)21(16,11-26)18(30-19)27-12(2)28/h6-8,16-17H,4-5H2,1-3H3. The molecule has 0 saturated carbocycles. The van der Waals surface area contributed by atoms with E-state index >= 15 is 0 Å². The van der Waals surface area contributed by atoms with Gasteiger partial charge in [0.2, 0.25) is 23.0 Å². The number of nitrogens with zero attached hydrogens (tertiary/aromatic N) is 4. The fraction of sp³-hybridized carbons (Fsp3) is 0.476. The van der Waals surface area contributed by atoms with Gasteiger partial charge in [0.1, 0.15) is 11.9 Å². The summed E-state index contributed by atoms with van der Waals surface area (Å²) < 4.78 is 26.5. The van der Waals surface area contributed by atoms with Gasteiger partial charge in [0.15, 0.2) is 5.41 Å². The summed E-state index contributed by atoms with van der Waals surface area (Å²) in [6, 6.07) is 10.1. The summed E-state index contributed by atoms with van der Waals surface area (Å²) in [7, 11) is 0. The van der Waals surface area contributed by atoms with Crippen LogP contribution in [-0.4, -0.2) is 17.6 Å². The molecule has 1 aromatic carbocycles. The van der Waals surface area contributed by atoms with Crippen LogP contribution in [0.4, 0.5) is 4.39 Å². The van der Waals surface area contributed by atoms with E-state index in [9.17, 15) is 25.0 Å². The van der Waals surface area contributed by atoms with Gasteiger partial charge >= 0.3 is 0 Å². The molecule has 2 aliphatic heterocycles. The van der Waals surface area contributed by atoms with Gasteiger partial charge in [0.05, 0.1) is 28.6 Å². The number of hydrogen-bond acceptors (Lipinski definition) is 6. The van der Waals surface area contributed by atoms with Crippen LogP contribution in [0.15, 0.2) is 27.7 Å². The number of halogens is 2. The molecular weight excluding hydrogens is 455 g/mol. The first-order chi connectivity index (χ1) is 14.2. The highest BCUT2D eigenvalue weighted by Gasteiger charge is 2.79. The molecule has 2 bridgehead atoms. The molecule has 154 valence electrons. The average molecular weight is 473 g/mol. The Balaban J connectivity index is 2.39. The van der Waals surface area contributed by atoms with Gasteiger partial charge in [-0.2, -0.15) is 20.8 Å². The number of rotatable bonds is 3. The van der Waals surface area contributed by atoms with Crippen LogP contribution in [0.3, 0.4) is 0 Å². The largest absolute Gasteiger partial charge is 0.447 e. The van der Waals surface area contributed by atoms with Crippen LogP contribution in [0.1, 0.15) is 45.3 Å². The predicted octanol–water partition coefficient (Wildman–Crippen LogP) is 4.31. The molecule has 0 aromatic heterocycles. The number of aliphatic imine (C=N–C) groups is 1. The summed E-state index contributed by atoms with van der Waals surface area (Å²) in [6.45, 7) is 4.65. The van der Waals surface area contributed by atoms with Crippen LogP contribution in [0, 0.1) is 56.6 Å². The van der Waals surface area contributed by atoms with E-state index in [1.807, 2.05) is 19.1 Å². The fourth-order valence-electron chi connectivity index (χ4n) is 4.51. The molecule has 1 amide bonds. The highest BCUT2D eigenvalue weighted by atomic mass is 79.9. The fourth-order valence-corrected chi connectivity index (χ4v) is 4.76. The molecule has 9 heteroatoms. The van der Waals surface area contributed by atoms with E-state index in [0.29, 0.717) is 12.8 Å². The highest BCUT2D eigenvalue weighted by Crippen LogP contribution is 2.67. The van der Waals surface area contributed by atoms with Crippen LogP contribution >= 0.6 is 15.9 Å². The summed E-state index contributed by atoms with van der Waals surface area (Å²) in [5.41, 5.74) is -3.81. The molecule has 2 heterocycles. The molecule has 7 nitrogen and oxygen atoms in total. The van der Waals surface area contributed by atoms with Crippen molar-refractivity contribution < 1.29 is 18.7 Å². The molecule has 0 aliphatic carbocycles. The number of ether oxygens (including phenoxy) is 2. The van der Waals surface area contributed by atoms with Crippen molar-refractivity contribution in [2.24, 2.45) is 21.7 Å². The van der Waals surface area contributed by atoms with Crippen molar-refractivity contribution in [1.29, 1.82) is 15.8 Å². The SMILES string of the molecule is CCCC1C2(C)OC(=NC(C)=O)C1(C#N)C(C#N)(C#N)C(c1ccc(Br)c(F)c1)O2. The Bertz CT molecular complexity index is 1060. The number of carbonyl (C=O) groups excluding carboxylic acids is 1. The monoisotopic (exact) mass is 472 g/mol. The van der Waals surface area contributed by atoms with Gasteiger partial charge in [-0.15, -0.1) is 0 Å². The van der Waals surface area contributed by atoms with Crippen LogP contribution < -0.4 is 0 Å². The van der Waals surface area contributed by atoms with Crippen molar-refractivity contribution in [1.82, 2.24) is 0 Å². The smallest absolute Gasteiger partial charge is 0.245 e. The number of fused-ring (bicyclic) bond motifs is 2. The van der Waals surface area contributed by atoms with E-state index in [4.69, 9.17) is 9.47 Å². The zero-order chi connectivity index (χ0) is 22.3. The van der Waals surface area contributed by atoms with Gasteiger partial charge in [-0.1, -0.05) is 19.4 Å². The molecular formula is C21H18BrFN4O3. The van der Waals surface area contributed by atoms with Gasteiger partial charge in [-0.05, 0) is 40.0 Å². The molecule has 30 heavy (non-hydrogen) atoms. The molecule has 1 aromatic rings. The third-order valence-electron chi connectivity index (χ3n) is 5.77. The topological polar surface area (TPSA) is 119 Å². The van der Waals surface area contributed by atoms with E-state index in [-0.39, 0.29) is 15.9 Å². The number of nitriles is 3. The first-order valence-electron chi connectivity index (χ1n) is 9.31. The molecule has 0 radical (unpaired) electrons. The molecule has 0 spiro atoms. The summed E-state index contributed by atoms with van der Waals surface area (Å²) in [5.74, 6) is -3.73. The maximum atomic E-state index is 14.3. The second-order valence-corrected chi connectivity index (χ2v) is 8.37. The Kier molecular flexibility index (Phi) is 5.45. The predicted molar refractivity (Wildman–Crippen MR) is 106 cm³/mol. The lowest BCUT2D eigenvalue weighted by Gasteiger charge is -2.48. The van der Waals surface area contributed by atoms with Gasteiger partial charge in [-0.25, -0.2) is 4.39 Å². The van der Waals surface area contributed by atoms with Crippen molar-refractivity contribution in [3.05, 3.63) is 34.1 Å². The molecule has 2 saturated heterocycles. The van der Waals surface area contributed by atoms with E-state index in [0.717, 1.165) is 6.07 Å². The number of carbonyl (C=O) groups is 1. The van der Waals surface area contributed by atoms with E-state index in [1.165, 1.54) is 19.1 Å². The van der Waals surface area contributed by atoms with Gasteiger partial charge in [0.25, 0.3) is 0 Å². The summed E-state index contributed by atoms with van der Waals surface area (Å²) in [4.78, 5) is 15.7. The van der Waals surface area contributed by atoms with Crippen molar-refractivity contribution in [2.75, 3.05) is 0 Å². The second kappa shape index (κ2) is 7.47. The quantitative estimate of drug-likeness (QED) is 0.645. The lowest BCUT2D eigenvalue weighted by Crippen LogP contribution is -2.58. The van der Waals surface area contributed by atoms with Crippen molar-refractivity contribution in [3.63, 3.8) is 0 Å². The Morgan fingerprint density at radius 1 is 1.30 bits per heavy atom. The minimum atomic E-state index is -2.13. The van der Waals surface area contributed by atoms with Gasteiger partial charge in [-0.3, -0.25) is 4.79 Å². The lowest BCUT2D eigenvalue weighted by molar-refractivity contribution is -0.273. The van der Waals surface area contributed by atoms with Crippen LogP contribution in [-0.2, 0) is 14.3 Å². The number of amides is 1. The molecule has 4 unspecified atom stereocenters. The van der Waals surface area contributed by atoms with E-state index in [2.05, 4.69) is 27.0 Å². The second-order valence-electron chi connectivity index (χ2n) is 7.52. The average Bonchev–Trinajstić information content (AvgIpc) is 2.87. The zero-order valence-electron chi connectivity index (χ0n) is 16.6. The lowest BCUT2D eigenvalue weighted by atomic mass is 9.53. The van der Waals surface area contributed by atoms with Crippen molar-refractivity contribution in [2.45, 2.75) is 45.5 Å². The van der Waals surface area contributed by atoms with Crippen LogP contribution in [0.25, 0.3) is 0 Å². The summed E-state index contributed by atoms with van der Waals surface area (Å²) >= 11 is 3.07. The van der Waals surface area contributed by atoms with Gasteiger partial charge < -0.3 is 9.47 Å². The third-order valence-corrected chi connectivity index (χ3v) is 6.41. The maximum Gasteiger partial charge on any atom is 0.245 e. The van der Waals surface area contributed by atoms with E-state index < -0.39 is 40.4 Å². The Labute approximate surface area is 181 Å². The molecule has 2 fully saturated rings. The van der Waals surface area contributed by atoms with Gasteiger partial charge in [0, 0.05) is 13.8 Å². The summed E-state index contributed by atoms with van der Waals surface area (Å²) in [5, 5.41) is 30.8. The Morgan fingerprint density at radius 3 is 2.47 bits per heavy atom. The third kappa shape index (κ3) is 2.75. The molecule has 4 atom stereocenters. The number of hydrogen-bond donors (Lipinski definition) is 0. The van der Waals surface area contributed by atoms with E-state index in [1.54, 1.807) is 6.92 Å². The minimum Gasteiger partial charge on any atom is -0.447 e. The molecule has 3 rings (SSSR count). The zero-order valence-corrected chi connectivity index (χ0v) is 18.2. The van der Waals surface area contributed by atoms with Crippen LogP contribution in [0.2, 0.25) is 0 Å². The first kappa shape index (κ1) is 21.9. The molecule has 0 N–H and O–H groups in total. The van der Waals surface area contributed by atoms with Crippen molar-refractivity contribution >= 4 is 27.7 Å². The van der Waals surface area contributed by atoms with Crippen LogP contribution in [0.5, 0.6) is 0 Å². The summed E-state index contributed by atoms with van der Waals surface area (Å²) in [6.07, 6.45) is -0.325. The Hall–Kier alpha value is -2.80. The highest BCUT2D eigenvalue weighted by molar-refractivity contribution is 9.10. The first-order valence-corrected chi connectivity index (χ1v) is 10.1. The minimum absolute atomic E-state index is 0.199. The maximum absolute atomic E-state index is 14.3. The Morgan fingerprint density at radius 2 is 1.97 bits per heavy atom. The molecule has 2 aliphatic rings.